The van der Waals surface area contributed by atoms with Crippen LogP contribution in [0, 0.1) is 13.1 Å². The number of hydrogen-bond donors (Lipinski definition) is 0. The van der Waals surface area contributed by atoms with Gasteiger partial charge in [-0.3, -0.25) is 0 Å². The summed E-state index contributed by atoms with van der Waals surface area (Å²) in [6.45, 7) is 15.6. The molecule has 11 aromatic rings. The third-order valence-corrected chi connectivity index (χ3v) is 17.2. The Morgan fingerprint density at radius 1 is 0.348 bits per heavy atom. The van der Waals surface area contributed by atoms with E-state index in [0.717, 1.165) is 55.3 Å². The Bertz CT molecular complexity index is 3430. The first-order valence-electron chi connectivity index (χ1n) is 21.7. The van der Waals surface area contributed by atoms with Gasteiger partial charge in [0, 0.05) is 22.4 Å². The van der Waals surface area contributed by atoms with Crippen LogP contribution in [-0.2, 0) is 0 Å². The predicted octanol–water partition coefficient (Wildman–Crippen LogP) is 12.1. The van der Waals surface area contributed by atoms with E-state index in [0.29, 0.717) is 28.8 Å². The van der Waals surface area contributed by atoms with Gasteiger partial charge in [-0.25, -0.2) is 24.6 Å². The number of benzene rings is 9. The average Bonchev–Trinajstić information content (AvgIpc) is 3.73. The Labute approximate surface area is 384 Å². The summed E-state index contributed by atoms with van der Waals surface area (Å²) in [4.78, 5) is 23.2. The van der Waals surface area contributed by atoms with E-state index in [1.54, 1.807) is 0 Å². The van der Waals surface area contributed by atoms with Gasteiger partial charge in [0.05, 0.1) is 24.2 Å². The minimum Gasteiger partial charge on any atom is -0.309 e. The van der Waals surface area contributed by atoms with Crippen molar-refractivity contribution in [3.05, 3.63) is 253 Å². The van der Waals surface area contributed by atoms with Gasteiger partial charge in [-0.15, -0.1) is 0 Å². The average molecular weight is 859 g/mol. The third kappa shape index (κ3) is 6.94. The molecule has 0 aliphatic rings. The van der Waals surface area contributed by atoms with Crippen LogP contribution in [-0.4, -0.2) is 27.6 Å². The Morgan fingerprint density at radius 2 is 0.773 bits per heavy atom. The van der Waals surface area contributed by atoms with Gasteiger partial charge in [0.1, 0.15) is 0 Å². The minimum absolute atomic E-state index is 0.536. The summed E-state index contributed by atoms with van der Waals surface area (Å²) in [7, 11) is -2.89. The van der Waals surface area contributed by atoms with Gasteiger partial charge in [-0.05, 0) is 79.0 Å². The second-order valence-corrected chi connectivity index (χ2v) is 20.0. The molecule has 0 unspecified atom stereocenters. The van der Waals surface area contributed by atoms with Gasteiger partial charge in [0.15, 0.2) is 36.9 Å². The van der Waals surface area contributed by atoms with Crippen LogP contribution in [0.25, 0.3) is 82.5 Å². The lowest BCUT2D eigenvalue weighted by Crippen LogP contribution is -2.74. The molecule has 0 saturated heterocycles. The van der Waals surface area contributed by atoms with E-state index < -0.39 is 8.07 Å². The fourth-order valence-electron chi connectivity index (χ4n) is 9.44. The quantitative estimate of drug-likeness (QED) is 0.0825. The first-order chi connectivity index (χ1) is 32.6. The van der Waals surface area contributed by atoms with Crippen molar-refractivity contribution in [1.29, 1.82) is 0 Å². The largest absolute Gasteiger partial charge is 0.309 e. The van der Waals surface area contributed by atoms with Gasteiger partial charge in [0.2, 0.25) is 0 Å². The minimum atomic E-state index is -2.89. The van der Waals surface area contributed by atoms with Crippen LogP contribution < -0.4 is 20.7 Å². The zero-order valence-electron chi connectivity index (χ0n) is 35.6. The smallest absolute Gasteiger partial charge is 0.188 e. The lowest BCUT2D eigenvalue weighted by molar-refractivity contribution is 1.07. The molecule has 0 atom stereocenters. The molecule has 0 bridgehead atoms. The summed E-state index contributed by atoms with van der Waals surface area (Å²) < 4.78 is 2.21. The second kappa shape index (κ2) is 16.9. The molecule has 0 aliphatic heterocycles. The topological polar surface area (TPSA) is 52.3 Å². The van der Waals surface area contributed by atoms with E-state index >= 15 is 0 Å². The van der Waals surface area contributed by atoms with E-state index in [2.05, 4.69) is 148 Å². The summed E-state index contributed by atoms with van der Waals surface area (Å²) in [5.74, 6) is 1.68. The Hall–Kier alpha value is -9.01. The molecule has 66 heavy (non-hydrogen) atoms. The highest BCUT2D eigenvalue weighted by Crippen LogP contribution is 2.40. The Kier molecular flexibility index (Phi) is 10.2. The van der Waals surface area contributed by atoms with Crippen LogP contribution in [0.2, 0.25) is 0 Å². The Morgan fingerprint density at radius 3 is 1.24 bits per heavy atom. The Balaban J connectivity index is 1.21. The van der Waals surface area contributed by atoms with Crippen LogP contribution in [0.15, 0.2) is 231 Å². The number of nitrogens with zero attached hydrogens (tertiary/aromatic N) is 6. The van der Waals surface area contributed by atoms with E-state index in [-0.39, 0.29) is 0 Å². The lowest BCUT2D eigenvalue weighted by Gasteiger charge is -2.34. The number of hydrogen-bond acceptors (Lipinski definition) is 3. The zero-order valence-corrected chi connectivity index (χ0v) is 36.6. The number of rotatable bonds is 9. The molecule has 0 radical (unpaired) electrons. The van der Waals surface area contributed by atoms with Gasteiger partial charge >= 0.3 is 0 Å². The summed E-state index contributed by atoms with van der Waals surface area (Å²) in [5.41, 5.74) is 8.42. The predicted molar refractivity (Wildman–Crippen MR) is 272 cm³/mol. The van der Waals surface area contributed by atoms with Gasteiger partial charge < -0.3 is 4.57 Å². The van der Waals surface area contributed by atoms with E-state index in [1.165, 1.54) is 20.7 Å². The summed E-state index contributed by atoms with van der Waals surface area (Å²) in [5, 5.41) is 6.94. The van der Waals surface area contributed by atoms with Crippen LogP contribution in [0.4, 0.5) is 11.4 Å². The normalized spacial score (nSPS) is 11.3. The molecular weight excluding hydrogens is 821 g/mol. The van der Waals surface area contributed by atoms with Crippen molar-refractivity contribution in [2.24, 2.45) is 0 Å². The molecule has 0 fully saturated rings. The standard InChI is InChI=1S/C59H38N6Si/c1-60-44-31-35-55-52(38-44)53-39-45(61-2)32-36-56(53)65(55)46-33-34-51(54(40-46)59-63-57(41-19-8-3-9-20-41)62-58(64-59)42-21-10-4-11-22-42)43-23-18-30-50(37-43)66(47-24-12-5-13-25-47,48-26-14-6-15-27-48)49-28-16-7-17-29-49/h3-40H. The first-order valence-corrected chi connectivity index (χ1v) is 23.7. The fraction of sp³-hybridized carbons (Fsp3) is 0. The molecule has 308 valence electrons. The van der Waals surface area contributed by atoms with Crippen molar-refractivity contribution < 1.29 is 0 Å². The van der Waals surface area contributed by atoms with Gasteiger partial charge in [-0.2, -0.15) is 0 Å². The van der Waals surface area contributed by atoms with Crippen molar-refractivity contribution in [1.82, 2.24) is 19.5 Å². The molecule has 11 rings (SSSR count). The zero-order chi connectivity index (χ0) is 44.5. The highest BCUT2D eigenvalue weighted by Gasteiger charge is 2.41. The van der Waals surface area contributed by atoms with Crippen molar-refractivity contribution >= 4 is 62.0 Å². The maximum atomic E-state index is 7.82. The van der Waals surface area contributed by atoms with E-state index in [4.69, 9.17) is 28.1 Å². The van der Waals surface area contributed by atoms with Crippen LogP contribution in [0.1, 0.15) is 0 Å². The molecule has 0 saturated carbocycles. The third-order valence-electron chi connectivity index (χ3n) is 12.4. The summed E-state index contributed by atoms with van der Waals surface area (Å²) in [6, 6.07) is 80.2. The molecular formula is C59H38N6Si. The first kappa shape index (κ1) is 39.8. The molecule has 7 heteroatoms. The molecule has 0 aliphatic carbocycles. The number of fused-ring (bicyclic) bond motifs is 3. The molecule has 6 nitrogen and oxygen atoms in total. The van der Waals surface area contributed by atoms with E-state index in [1.807, 2.05) is 97.1 Å². The molecule has 0 N–H and O–H groups in total. The second-order valence-electron chi connectivity index (χ2n) is 16.2. The van der Waals surface area contributed by atoms with Crippen LogP contribution in [0.3, 0.4) is 0 Å². The van der Waals surface area contributed by atoms with Crippen molar-refractivity contribution in [2.45, 2.75) is 0 Å². The summed E-state index contributed by atoms with van der Waals surface area (Å²) >= 11 is 0. The molecule has 0 amide bonds. The maximum absolute atomic E-state index is 7.82. The fourth-order valence-corrected chi connectivity index (χ4v) is 14.2. The molecule has 2 aromatic heterocycles. The monoisotopic (exact) mass is 858 g/mol. The van der Waals surface area contributed by atoms with Crippen LogP contribution in [0.5, 0.6) is 0 Å². The maximum Gasteiger partial charge on any atom is 0.188 e. The highest BCUT2D eigenvalue weighted by molar-refractivity contribution is 7.19. The lowest BCUT2D eigenvalue weighted by atomic mass is 9.98. The van der Waals surface area contributed by atoms with Crippen molar-refractivity contribution in [3.63, 3.8) is 0 Å². The molecule has 2 heterocycles. The summed E-state index contributed by atoms with van der Waals surface area (Å²) in [6.07, 6.45) is 0. The van der Waals surface area contributed by atoms with Gasteiger partial charge in [0.25, 0.3) is 0 Å². The molecule has 0 spiro atoms. The van der Waals surface area contributed by atoms with E-state index in [9.17, 15) is 0 Å². The molecule has 9 aromatic carbocycles. The van der Waals surface area contributed by atoms with Crippen molar-refractivity contribution in [2.75, 3.05) is 0 Å². The number of aromatic nitrogens is 4. The van der Waals surface area contributed by atoms with Crippen LogP contribution >= 0.6 is 0 Å². The highest BCUT2D eigenvalue weighted by atomic mass is 28.3. The SMILES string of the molecule is [C-]#[N+]c1ccc2c(c1)c1cc([N+]#[C-])ccc1n2-c1ccc(-c2cccc([Si](c3ccccc3)(c3ccccc3)c3ccccc3)c2)c(-c2nc(-c3ccccc3)nc(-c3ccccc3)n2)c1. The van der Waals surface area contributed by atoms with Gasteiger partial charge in [-0.1, -0.05) is 194 Å². The van der Waals surface area contributed by atoms with Crippen molar-refractivity contribution in [3.8, 4) is 51.0 Å².